The lowest BCUT2D eigenvalue weighted by molar-refractivity contribution is 0.0951. The minimum absolute atomic E-state index is 0.236. The number of rotatable bonds is 6. The Balaban J connectivity index is 1.64. The minimum Gasteiger partial charge on any atom is -0.348 e. The first-order valence-electron chi connectivity index (χ1n) is 9.21. The van der Waals surface area contributed by atoms with Gasteiger partial charge in [0.2, 0.25) is 0 Å². The van der Waals surface area contributed by atoms with Gasteiger partial charge in [-0.25, -0.2) is 0 Å². The van der Waals surface area contributed by atoms with Gasteiger partial charge in [-0.2, -0.15) is 0 Å². The number of nitrogens with one attached hydrogen (secondary N) is 2. The second kappa shape index (κ2) is 8.95. The summed E-state index contributed by atoms with van der Waals surface area (Å²) in [6.45, 7) is 4.63. The minimum atomic E-state index is -0.251. The molecule has 2 amide bonds. The third-order valence-corrected chi connectivity index (χ3v) is 4.40. The van der Waals surface area contributed by atoms with E-state index in [4.69, 9.17) is 0 Å². The van der Waals surface area contributed by atoms with Crippen LogP contribution in [0.2, 0.25) is 0 Å². The zero-order valence-electron chi connectivity index (χ0n) is 16.0. The quantitative estimate of drug-likeness (QED) is 0.673. The molecular weight excluding hydrogens is 350 g/mol. The zero-order valence-corrected chi connectivity index (χ0v) is 16.0. The predicted molar refractivity (Wildman–Crippen MR) is 110 cm³/mol. The number of pyridine rings is 1. The van der Waals surface area contributed by atoms with Crippen molar-refractivity contribution < 1.29 is 9.59 Å². The normalized spacial score (nSPS) is 10.5. The van der Waals surface area contributed by atoms with Gasteiger partial charge in [0.1, 0.15) is 0 Å². The van der Waals surface area contributed by atoms with Crippen molar-refractivity contribution in [2.45, 2.75) is 26.3 Å². The van der Waals surface area contributed by atoms with E-state index >= 15 is 0 Å². The summed E-state index contributed by atoms with van der Waals surface area (Å²) in [7, 11) is 0. The Kier molecular flexibility index (Phi) is 6.17. The van der Waals surface area contributed by atoms with Gasteiger partial charge in [0.25, 0.3) is 11.8 Å². The van der Waals surface area contributed by atoms with E-state index in [0.717, 1.165) is 11.3 Å². The molecule has 0 spiro atoms. The van der Waals surface area contributed by atoms with E-state index in [2.05, 4.69) is 29.5 Å². The number of carbonyl (C=O) groups is 2. The van der Waals surface area contributed by atoms with Crippen molar-refractivity contribution in [3.63, 3.8) is 0 Å². The molecule has 2 N–H and O–H groups in total. The summed E-state index contributed by atoms with van der Waals surface area (Å²) in [5, 5.41) is 5.71. The lowest BCUT2D eigenvalue weighted by atomic mass is 10.0. The number of aromatic nitrogens is 1. The van der Waals surface area contributed by atoms with Gasteiger partial charge in [-0.15, -0.1) is 0 Å². The first-order valence-corrected chi connectivity index (χ1v) is 9.21. The maximum absolute atomic E-state index is 12.5. The lowest BCUT2D eigenvalue weighted by Crippen LogP contribution is -2.23. The van der Waals surface area contributed by atoms with Gasteiger partial charge in [0.05, 0.1) is 0 Å². The highest BCUT2D eigenvalue weighted by atomic mass is 16.2. The van der Waals surface area contributed by atoms with Gasteiger partial charge in [-0.3, -0.25) is 14.6 Å². The van der Waals surface area contributed by atoms with Crippen molar-refractivity contribution in [3.8, 4) is 0 Å². The maximum Gasteiger partial charge on any atom is 0.255 e. The molecule has 5 nitrogen and oxygen atoms in total. The molecule has 0 saturated carbocycles. The van der Waals surface area contributed by atoms with Crippen molar-refractivity contribution in [1.82, 2.24) is 10.3 Å². The molecule has 1 heterocycles. The van der Waals surface area contributed by atoms with Crippen LogP contribution in [0.3, 0.4) is 0 Å². The van der Waals surface area contributed by atoms with Crippen LogP contribution in [-0.2, 0) is 6.54 Å². The molecule has 0 unspecified atom stereocenters. The van der Waals surface area contributed by atoms with Crippen molar-refractivity contribution in [2.24, 2.45) is 0 Å². The van der Waals surface area contributed by atoms with Crippen LogP contribution >= 0.6 is 0 Å². The molecule has 28 heavy (non-hydrogen) atoms. The fourth-order valence-corrected chi connectivity index (χ4v) is 2.74. The Bertz CT molecular complexity index is 951. The Labute approximate surface area is 164 Å². The van der Waals surface area contributed by atoms with Crippen LogP contribution in [0.5, 0.6) is 0 Å². The van der Waals surface area contributed by atoms with Crippen molar-refractivity contribution in [1.29, 1.82) is 0 Å². The van der Waals surface area contributed by atoms with Crippen LogP contribution in [0.25, 0.3) is 0 Å². The summed E-state index contributed by atoms with van der Waals surface area (Å²) in [6.07, 6.45) is 3.39. The fourth-order valence-electron chi connectivity index (χ4n) is 2.74. The fraction of sp³-hybridized carbons (Fsp3) is 0.174. The molecule has 142 valence electrons. The van der Waals surface area contributed by atoms with E-state index in [0.29, 0.717) is 23.6 Å². The van der Waals surface area contributed by atoms with E-state index in [9.17, 15) is 9.59 Å². The SMILES string of the molecule is CC(C)c1ccc(NC(=O)c2cccc(C(=O)NCc3cccnc3)c2)cc1. The molecule has 2 aromatic carbocycles. The molecule has 0 fully saturated rings. The molecular formula is C23H23N3O2. The van der Waals surface area contributed by atoms with Crippen LogP contribution in [0, 0.1) is 0 Å². The number of hydrogen-bond donors (Lipinski definition) is 2. The Hall–Kier alpha value is -3.47. The van der Waals surface area contributed by atoms with Gasteiger partial charge in [0.15, 0.2) is 0 Å². The standard InChI is InChI=1S/C23H23N3O2/c1-16(2)18-8-10-21(11-9-18)26-23(28)20-7-3-6-19(13-20)22(27)25-15-17-5-4-12-24-14-17/h3-14,16H,15H2,1-2H3,(H,25,27)(H,26,28). The first kappa shape index (κ1) is 19.3. The summed E-state index contributed by atoms with van der Waals surface area (Å²) in [5.74, 6) is -0.0504. The number of hydrogen-bond acceptors (Lipinski definition) is 3. The first-order chi connectivity index (χ1) is 13.5. The van der Waals surface area contributed by atoms with E-state index < -0.39 is 0 Å². The third kappa shape index (κ3) is 5.04. The molecule has 0 bridgehead atoms. The molecule has 3 rings (SSSR count). The van der Waals surface area contributed by atoms with E-state index in [1.807, 2.05) is 36.4 Å². The third-order valence-electron chi connectivity index (χ3n) is 4.40. The highest BCUT2D eigenvalue weighted by Crippen LogP contribution is 2.18. The number of carbonyl (C=O) groups excluding carboxylic acids is 2. The average molecular weight is 373 g/mol. The Morgan fingerprint density at radius 3 is 2.29 bits per heavy atom. The van der Waals surface area contributed by atoms with Gasteiger partial charge in [0, 0.05) is 35.8 Å². The summed E-state index contributed by atoms with van der Waals surface area (Å²) < 4.78 is 0. The molecule has 3 aromatic rings. The topological polar surface area (TPSA) is 71.1 Å². The smallest absolute Gasteiger partial charge is 0.255 e. The van der Waals surface area contributed by atoms with Gasteiger partial charge < -0.3 is 10.6 Å². The van der Waals surface area contributed by atoms with E-state index in [-0.39, 0.29) is 11.8 Å². The molecule has 0 aliphatic heterocycles. The largest absolute Gasteiger partial charge is 0.348 e. The van der Waals surface area contributed by atoms with Crippen molar-refractivity contribution >= 4 is 17.5 Å². The summed E-state index contributed by atoms with van der Waals surface area (Å²) in [6, 6.07) is 18.2. The number of benzene rings is 2. The van der Waals surface area contributed by atoms with Crippen molar-refractivity contribution in [3.05, 3.63) is 95.3 Å². The summed E-state index contributed by atoms with van der Waals surface area (Å²) in [5.41, 5.74) is 3.72. The highest BCUT2D eigenvalue weighted by molar-refractivity contribution is 6.06. The number of nitrogens with zero attached hydrogens (tertiary/aromatic N) is 1. The van der Waals surface area contributed by atoms with Crippen LogP contribution in [0.1, 0.15) is 51.6 Å². The van der Waals surface area contributed by atoms with E-state index in [1.54, 1.807) is 36.7 Å². The summed E-state index contributed by atoms with van der Waals surface area (Å²) in [4.78, 5) is 28.9. The predicted octanol–water partition coefficient (Wildman–Crippen LogP) is 4.39. The van der Waals surface area contributed by atoms with Crippen LogP contribution in [0.15, 0.2) is 73.1 Å². The zero-order chi connectivity index (χ0) is 19.9. The maximum atomic E-state index is 12.5. The molecule has 0 radical (unpaired) electrons. The molecule has 0 aliphatic carbocycles. The number of amides is 2. The highest BCUT2D eigenvalue weighted by Gasteiger charge is 2.11. The van der Waals surface area contributed by atoms with Crippen molar-refractivity contribution in [2.75, 3.05) is 5.32 Å². The lowest BCUT2D eigenvalue weighted by Gasteiger charge is -2.10. The van der Waals surface area contributed by atoms with E-state index in [1.165, 1.54) is 5.56 Å². The summed E-state index contributed by atoms with van der Waals surface area (Å²) >= 11 is 0. The molecule has 5 heteroatoms. The Morgan fingerprint density at radius 2 is 1.64 bits per heavy atom. The van der Waals surface area contributed by atoms with Crippen LogP contribution in [0.4, 0.5) is 5.69 Å². The average Bonchev–Trinajstić information content (AvgIpc) is 2.73. The molecule has 0 aliphatic rings. The molecule has 0 atom stereocenters. The Morgan fingerprint density at radius 1 is 0.929 bits per heavy atom. The monoisotopic (exact) mass is 373 g/mol. The molecule has 1 aromatic heterocycles. The molecule has 0 saturated heterocycles. The second-order valence-corrected chi connectivity index (χ2v) is 6.86. The number of anilines is 1. The van der Waals surface area contributed by atoms with Crippen LogP contribution < -0.4 is 10.6 Å². The van der Waals surface area contributed by atoms with Gasteiger partial charge in [-0.05, 0) is 53.4 Å². The van der Waals surface area contributed by atoms with Gasteiger partial charge in [-0.1, -0.05) is 38.1 Å². The van der Waals surface area contributed by atoms with Gasteiger partial charge >= 0.3 is 0 Å². The van der Waals surface area contributed by atoms with Crippen LogP contribution in [-0.4, -0.2) is 16.8 Å². The second-order valence-electron chi connectivity index (χ2n) is 6.86.